The standard InChI is InChI=1S/C17H25N3O3/c18-14-11-13(20-17(23)12-5-2-1-3-6-12)8-9-15(14)19-10-4-7-16(21)22/h8-9,11-12,19H,1-7,10,18H2,(H,20,23)(H,21,22). The summed E-state index contributed by atoms with van der Waals surface area (Å²) in [6, 6.07) is 5.36. The molecule has 6 heteroatoms. The molecule has 2 rings (SSSR count). The molecule has 0 spiro atoms. The van der Waals surface area contributed by atoms with E-state index in [0.29, 0.717) is 24.3 Å². The van der Waals surface area contributed by atoms with Crippen molar-refractivity contribution in [1.82, 2.24) is 0 Å². The number of carbonyl (C=O) groups excluding carboxylic acids is 1. The van der Waals surface area contributed by atoms with Crippen molar-refractivity contribution in [3.8, 4) is 0 Å². The molecule has 126 valence electrons. The van der Waals surface area contributed by atoms with Crippen molar-refractivity contribution in [2.75, 3.05) is 22.9 Å². The molecule has 1 amide bonds. The van der Waals surface area contributed by atoms with Gasteiger partial charge in [-0.1, -0.05) is 19.3 Å². The second-order valence-corrected chi connectivity index (χ2v) is 6.05. The van der Waals surface area contributed by atoms with Crippen molar-refractivity contribution in [3.63, 3.8) is 0 Å². The molecule has 23 heavy (non-hydrogen) atoms. The highest BCUT2D eigenvalue weighted by Crippen LogP contribution is 2.27. The summed E-state index contributed by atoms with van der Waals surface area (Å²) in [4.78, 5) is 22.7. The van der Waals surface area contributed by atoms with E-state index in [-0.39, 0.29) is 18.2 Å². The Hall–Kier alpha value is -2.24. The Morgan fingerprint density at radius 2 is 1.96 bits per heavy atom. The zero-order chi connectivity index (χ0) is 16.7. The Morgan fingerprint density at radius 3 is 2.61 bits per heavy atom. The lowest BCUT2D eigenvalue weighted by Gasteiger charge is -2.21. The molecule has 1 aliphatic carbocycles. The normalized spacial score (nSPS) is 15.1. The van der Waals surface area contributed by atoms with E-state index >= 15 is 0 Å². The van der Waals surface area contributed by atoms with E-state index in [4.69, 9.17) is 10.8 Å². The van der Waals surface area contributed by atoms with Crippen LogP contribution in [0.15, 0.2) is 18.2 Å². The molecule has 1 saturated carbocycles. The van der Waals surface area contributed by atoms with E-state index in [1.54, 1.807) is 6.07 Å². The maximum Gasteiger partial charge on any atom is 0.303 e. The van der Waals surface area contributed by atoms with Gasteiger partial charge >= 0.3 is 5.97 Å². The monoisotopic (exact) mass is 319 g/mol. The van der Waals surface area contributed by atoms with Crippen LogP contribution < -0.4 is 16.4 Å². The van der Waals surface area contributed by atoms with Crippen molar-refractivity contribution in [2.24, 2.45) is 5.92 Å². The molecule has 5 N–H and O–H groups in total. The SMILES string of the molecule is Nc1cc(NC(=O)C2CCCCC2)ccc1NCCCC(=O)O. The number of benzene rings is 1. The molecule has 0 saturated heterocycles. The maximum atomic E-state index is 12.2. The number of nitrogens with one attached hydrogen (secondary N) is 2. The molecule has 0 aliphatic heterocycles. The van der Waals surface area contributed by atoms with Crippen molar-refractivity contribution >= 4 is 28.9 Å². The van der Waals surface area contributed by atoms with Crippen molar-refractivity contribution in [1.29, 1.82) is 0 Å². The zero-order valence-corrected chi connectivity index (χ0v) is 13.3. The Balaban J connectivity index is 1.85. The van der Waals surface area contributed by atoms with E-state index in [9.17, 15) is 9.59 Å². The molecule has 0 aromatic heterocycles. The number of carboxylic acid groups (broad SMARTS) is 1. The van der Waals surface area contributed by atoms with E-state index in [1.807, 2.05) is 12.1 Å². The van der Waals surface area contributed by atoms with Gasteiger partial charge in [0.05, 0.1) is 11.4 Å². The molecule has 1 fully saturated rings. The van der Waals surface area contributed by atoms with E-state index in [2.05, 4.69) is 10.6 Å². The minimum absolute atomic E-state index is 0.0752. The van der Waals surface area contributed by atoms with Crippen molar-refractivity contribution in [3.05, 3.63) is 18.2 Å². The van der Waals surface area contributed by atoms with Gasteiger partial charge in [0.2, 0.25) is 5.91 Å². The predicted octanol–water partition coefficient (Wildman–Crippen LogP) is 3.06. The van der Waals surface area contributed by atoms with Crippen LogP contribution in [0, 0.1) is 5.92 Å². The number of rotatable bonds is 7. The van der Waals surface area contributed by atoms with Gasteiger partial charge in [0, 0.05) is 24.6 Å². The van der Waals surface area contributed by atoms with E-state index in [0.717, 1.165) is 31.4 Å². The number of aliphatic carboxylic acids is 1. The van der Waals surface area contributed by atoms with E-state index < -0.39 is 5.97 Å². The quantitative estimate of drug-likeness (QED) is 0.457. The molecule has 0 atom stereocenters. The average Bonchev–Trinajstić information content (AvgIpc) is 2.54. The van der Waals surface area contributed by atoms with Gasteiger partial charge in [-0.3, -0.25) is 9.59 Å². The minimum atomic E-state index is -0.805. The smallest absolute Gasteiger partial charge is 0.303 e. The highest BCUT2D eigenvalue weighted by Gasteiger charge is 2.21. The summed E-state index contributed by atoms with van der Waals surface area (Å²) >= 11 is 0. The Labute approximate surface area is 136 Å². The first-order chi connectivity index (χ1) is 11.1. The molecule has 1 aromatic rings. The molecule has 0 bridgehead atoms. The van der Waals surface area contributed by atoms with Gasteiger partial charge < -0.3 is 21.5 Å². The summed E-state index contributed by atoms with van der Waals surface area (Å²) in [6.07, 6.45) is 6.06. The molecule has 0 heterocycles. The van der Waals surface area contributed by atoms with Crippen LogP contribution in [0.2, 0.25) is 0 Å². The Bertz CT molecular complexity index is 554. The van der Waals surface area contributed by atoms with Crippen LogP contribution in [0.5, 0.6) is 0 Å². The summed E-state index contributed by atoms with van der Waals surface area (Å²) in [6.45, 7) is 0.546. The van der Waals surface area contributed by atoms with Crippen molar-refractivity contribution in [2.45, 2.75) is 44.9 Å². The zero-order valence-electron chi connectivity index (χ0n) is 13.3. The topological polar surface area (TPSA) is 104 Å². The number of carbonyl (C=O) groups is 2. The second-order valence-electron chi connectivity index (χ2n) is 6.05. The van der Waals surface area contributed by atoms with Gasteiger partial charge in [0.1, 0.15) is 0 Å². The minimum Gasteiger partial charge on any atom is -0.481 e. The molecular weight excluding hydrogens is 294 g/mol. The van der Waals surface area contributed by atoms with Gasteiger partial charge in [-0.25, -0.2) is 0 Å². The number of hydrogen-bond acceptors (Lipinski definition) is 4. The Morgan fingerprint density at radius 1 is 1.22 bits per heavy atom. The predicted molar refractivity (Wildman–Crippen MR) is 91.4 cm³/mol. The van der Waals surface area contributed by atoms with Crippen LogP contribution >= 0.6 is 0 Å². The fourth-order valence-corrected chi connectivity index (χ4v) is 2.87. The highest BCUT2D eigenvalue weighted by atomic mass is 16.4. The van der Waals surface area contributed by atoms with Crippen LogP contribution in [-0.4, -0.2) is 23.5 Å². The number of nitrogens with two attached hydrogens (primary N) is 1. The lowest BCUT2D eigenvalue weighted by atomic mass is 9.88. The second kappa shape index (κ2) is 8.41. The van der Waals surface area contributed by atoms with Crippen LogP contribution in [0.3, 0.4) is 0 Å². The highest BCUT2D eigenvalue weighted by molar-refractivity contribution is 5.93. The molecule has 0 radical (unpaired) electrons. The first-order valence-electron chi connectivity index (χ1n) is 8.22. The molecule has 0 unspecified atom stereocenters. The van der Waals surface area contributed by atoms with Crippen LogP contribution in [0.25, 0.3) is 0 Å². The molecule has 1 aromatic carbocycles. The van der Waals surface area contributed by atoms with Gasteiger partial charge in [-0.15, -0.1) is 0 Å². The fourth-order valence-electron chi connectivity index (χ4n) is 2.87. The van der Waals surface area contributed by atoms with Crippen LogP contribution in [-0.2, 0) is 9.59 Å². The Kier molecular flexibility index (Phi) is 6.26. The third-order valence-corrected chi connectivity index (χ3v) is 4.18. The first-order valence-corrected chi connectivity index (χ1v) is 8.22. The largest absolute Gasteiger partial charge is 0.481 e. The lowest BCUT2D eigenvalue weighted by molar-refractivity contribution is -0.137. The fraction of sp³-hybridized carbons (Fsp3) is 0.529. The summed E-state index contributed by atoms with van der Waals surface area (Å²) in [5, 5.41) is 14.6. The molecule has 1 aliphatic rings. The average molecular weight is 319 g/mol. The molecular formula is C17H25N3O3. The van der Waals surface area contributed by atoms with Gasteiger partial charge in [0.25, 0.3) is 0 Å². The first kappa shape index (κ1) is 17.1. The molecule has 6 nitrogen and oxygen atoms in total. The summed E-state index contributed by atoms with van der Waals surface area (Å²) in [5.41, 5.74) is 7.99. The van der Waals surface area contributed by atoms with Crippen LogP contribution in [0.1, 0.15) is 44.9 Å². The maximum absolute atomic E-state index is 12.2. The third kappa shape index (κ3) is 5.47. The van der Waals surface area contributed by atoms with Gasteiger partial charge in [0.15, 0.2) is 0 Å². The third-order valence-electron chi connectivity index (χ3n) is 4.18. The van der Waals surface area contributed by atoms with Crippen molar-refractivity contribution < 1.29 is 14.7 Å². The van der Waals surface area contributed by atoms with Crippen LogP contribution in [0.4, 0.5) is 17.1 Å². The van der Waals surface area contributed by atoms with Gasteiger partial charge in [-0.05, 0) is 37.5 Å². The number of amides is 1. The number of anilines is 3. The summed E-state index contributed by atoms with van der Waals surface area (Å²) in [7, 11) is 0. The number of hydrogen-bond donors (Lipinski definition) is 4. The number of nitrogen functional groups attached to an aromatic ring is 1. The van der Waals surface area contributed by atoms with E-state index in [1.165, 1.54) is 6.42 Å². The summed E-state index contributed by atoms with van der Waals surface area (Å²) in [5.74, 6) is -0.620. The lowest BCUT2D eigenvalue weighted by Crippen LogP contribution is -2.24. The van der Waals surface area contributed by atoms with Gasteiger partial charge in [-0.2, -0.15) is 0 Å². The number of carboxylic acids is 1. The summed E-state index contributed by atoms with van der Waals surface area (Å²) < 4.78 is 0.